The third-order valence-corrected chi connectivity index (χ3v) is 2.04. The monoisotopic (exact) mass is 243 g/mol. The zero-order chi connectivity index (χ0) is 9.35. The first-order valence-electron chi connectivity index (χ1n) is 3.09. The summed E-state index contributed by atoms with van der Waals surface area (Å²) in [7, 11) is 0. The minimum atomic E-state index is -4.60. The number of halogens is 5. The fourth-order valence-corrected chi connectivity index (χ4v) is 1.23. The number of hydrogen-bond acceptors (Lipinski definition) is 0. The highest BCUT2D eigenvalue weighted by Gasteiger charge is 2.38. The fraction of sp³-hybridized carbons (Fsp3) is 0.286. The zero-order valence-electron chi connectivity index (χ0n) is 5.75. The first kappa shape index (κ1) is 9.77. The van der Waals surface area contributed by atoms with E-state index in [-0.39, 0.29) is 10.9 Å². The van der Waals surface area contributed by atoms with Gasteiger partial charge in [-0.2, -0.15) is 13.2 Å². The van der Waals surface area contributed by atoms with Crippen LogP contribution in [-0.4, -0.2) is 6.18 Å². The first-order chi connectivity index (χ1) is 5.43. The largest absolute Gasteiger partial charge is 0.418 e. The molecule has 1 rings (SSSR count). The molecule has 0 fully saturated rings. The van der Waals surface area contributed by atoms with Gasteiger partial charge in [-0.05, 0) is 6.42 Å². The van der Waals surface area contributed by atoms with Crippen molar-refractivity contribution in [1.82, 2.24) is 0 Å². The van der Waals surface area contributed by atoms with Crippen LogP contribution in [0.25, 0.3) is 0 Å². The molecule has 12 heavy (non-hydrogen) atoms. The summed E-state index contributed by atoms with van der Waals surface area (Å²) in [4.78, 5) is 0. The summed E-state index contributed by atoms with van der Waals surface area (Å²) in [5.41, 5.74) is -1.20. The van der Waals surface area contributed by atoms with Gasteiger partial charge in [0.05, 0.1) is 5.57 Å². The Morgan fingerprint density at radius 1 is 1.33 bits per heavy atom. The molecule has 0 heterocycles. The van der Waals surface area contributed by atoms with Gasteiger partial charge in [0.2, 0.25) is 0 Å². The third-order valence-electron chi connectivity index (χ3n) is 1.37. The second-order valence-corrected chi connectivity index (χ2v) is 3.07. The molecule has 0 spiro atoms. The summed E-state index contributed by atoms with van der Waals surface area (Å²) < 4.78 is 48.6. The van der Waals surface area contributed by atoms with Gasteiger partial charge in [-0.25, -0.2) is 4.39 Å². The number of rotatable bonds is 0. The summed E-state index contributed by atoms with van der Waals surface area (Å²) in [6.07, 6.45) is -2.34. The van der Waals surface area contributed by atoms with E-state index < -0.39 is 17.6 Å². The molecule has 0 bridgehead atoms. The topological polar surface area (TPSA) is 0 Å². The molecule has 0 saturated heterocycles. The smallest absolute Gasteiger partial charge is 0.205 e. The van der Waals surface area contributed by atoms with Gasteiger partial charge < -0.3 is 0 Å². The maximum atomic E-state index is 12.8. The lowest BCUT2D eigenvalue weighted by atomic mass is 10.1. The Bertz CT molecular complexity index is 249. The maximum absolute atomic E-state index is 12.8. The molecule has 0 atom stereocenters. The van der Waals surface area contributed by atoms with Gasteiger partial charge >= 0.3 is 6.18 Å². The molecule has 0 nitrogen and oxygen atoms in total. The Morgan fingerprint density at radius 3 is 2.33 bits per heavy atom. The third kappa shape index (κ3) is 1.88. The molecular formula is C7H4BrF4. The van der Waals surface area contributed by atoms with Gasteiger partial charge in [0.25, 0.3) is 0 Å². The van der Waals surface area contributed by atoms with E-state index in [1.165, 1.54) is 6.42 Å². The quantitative estimate of drug-likeness (QED) is 0.570. The van der Waals surface area contributed by atoms with Crippen LogP contribution in [0.5, 0.6) is 0 Å². The Hall–Kier alpha value is -0.320. The molecule has 67 valence electrons. The Kier molecular flexibility index (Phi) is 2.61. The van der Waals surface area contributed by atoms with Gasteiger partial charge in [0.1, 0.15) is 5.83 Å². The van der Waals surface area contributed by atoms with Crippen LogP contribution in [0, 0.1) is 6.42 Å². The van der Waals surface area contributed by atoms with E-state index in [2.05, 4.69) is 15.9 Å². The normalized spacial score (nSPS) is 19.6. The minimum Gasteiger partial charge on any atom is -0.205 e. The average Bonchev–Trinajstić information content (AvgIpc) is 1.92. The van der Waals surface area contributed by atoms with Crippen molar-refractivity contribution in [2.24, 2.45) is 0 Å². The molecule has 0 saturated carbocycles. The molecule has 0 aliphatic heterocycles. The van der Waals surface area contributed by atoms with Crippen LogP contribution < -0.4 is 0 Å². The van der Waals surface area contributed by atoms with Crippen LogP contribution in [-0.2, 0) is 0 Å². The molecule has 0 N–H and O–H groups in total. The van der Waals surface area contributed by atoms with Gasteiger partial charge in [0.15, 0.2) is 0 Å². The Balaban J connectivity index is 3.00. The molecule has 1 aliphatic carbocycles. The molecule has 5 heteroatoms. The summed E-state index contributed by atoms with van der Waals surface area (Å²) >= 11 is 2.69. The standard InChI is InChI=1S/C7H4BrF4/c8-5-3-1-2-4(6(5)9)7(10,11)12/h2-3H,1H2. The van der Waals surface area contributed by atoms with Crippen molar-refractivity contribution in [2.75, 3.05) is 0 Å². The van der Waals surface area contributed by atoms with Crippen LogP contribution in [0.2, 0.25) is 0 Å². The molecule has 0 aromatic heterocycles. The molecule has 0 amide bonds. The lowest BCUT2D eigenvalue weighted by Crippen LogP contribution is -2.14. The number of alkyl halides is 3. The van der Waals surface area contributed by atoms with E-state index in [4.69, 9.17) is 0 Å². The summed E-state index contributed by atoms with van der Waals surface area (Å²) in [5.74, 6) is -1.24. The van der Waals surface area contributed by atoms with E-state index in [0.29, 0.717) is 0 Å². The van der Waals surface area contributed by atoms with Crippen molar-refractivity contribution >= 4 is 15.9 Å². The first-order valence-corrected chi connectivity index (χ1v) is 3.88. The van der Waals surface area contributed by atoms with E-state index >= 15 is 0 Å². The van der Waals surface area contributed by atoms with Crippen LogP contribution >= 0.6 is 15.9 Å². The fourth-order valence-electron chi connectivity index (χ4n) is 0.828. The zero-order valence-corrected chi connectivity index (χ0v) is 7.34. The predicted octanol–water partition coefficient (Wildman–Crippen LogP) is 3.66. The highest BCUT2D eigenvalue weighted by Crippen LogP contribution is 2.38. The molecular weight excluding hydrogens is 240 g/mol. The highest BCUT2D eigenvalue weighted by molar-refractivity contribution is 9.11. The molecule has 1 aliphatic rings. The summed E-state index contributed by atoms with van der Waals surface area (Å²) in [6.45, 7) is 0. The van der Waals surface area contributed by atoms with Crippen molar-refractivity contribution < 1.29 is 17.6 Å². The van der Waals surface area contributed by atoms with Gasteiger partial charge in [-0.15, -0.1) is 0 Å². The maximum Gasteiger partial charge on any atom is 0.418 e. The average molecular weight is 244 g/mol. The molecule has 1 radical (unpaired) electrons. The van der Waals surface area contributed by atoms with Gasteiger partial charge in [-0.3, -0.25) is 0 Å². The number of hydrogen-bond donors (Lipinski definition) is 0. The van der Waals surface area contributed by atoms with Crippen molar-refractivity contribution in [3.8, 4) is 0 Å². The van der Waals surface area contributed by atoms with Crippen LogP contribution in [0.3, 0.4) is 0 Å². The summed E-state index contributed by atoms with van der Waals surface area (Å²) in [6, 6.07) is 0. The second-order valence-electron chi connectivity index (χ2n) is 2.22. The minimum absolute atomic E-state index is 0.100. The number of allylic oxidation sites excluding steroid dienone is 4. The lowest BCUT2D eigenvalue weighted by molar-refractivity contribution is -0.0914. The molecule has 0 aromatic carbocycles. The van der Waals surface area contributed by atoms with E-state index in [9.17, 15) is 17.6 Å². The summed E-state index contributed by atoms with van der Waals surface area (Å²) in [5, 5.41) is 0. The van der Waals surface area contributed by atoms with Gasteiger partial charge in [0, 0.05) is 10.9 Å². The van der Waals surface area contributed by atoms with Crippen molar-refractivity contribution in [3.05, 3.63) is 28.4 Å². The molecule has 0 aromatic rings. The Morgan fingerprint density at radius 2 is 1.92 bits per heavy atom. The second kappa shape index (κ2) is 3.20. The van der Waals surface area contributed by atoms with E-state index in [1.54, 1.807) is 0 Å². The van der Waals surface area contributed by atoms with E-state index in [0.717, 1.165) is 6.08 Å². The van der Waals surface area contributed by atoms with Crippen molar-refractivity contribution in [1.29, 1.82) is 0 Å². The highest BCUT2D eigenvalue weighted by atomic mass is 79.9. The van der Waals surface area contributed by atoms with Crippen LogP contribution in [0.4, 0.5) is 17.6 Å². The SMILES string of the molecule is FC1=C(Br)[CH]CC=C1C(F)(F)F. The molecule has 0 unspecified atom stereocenters. The lowest BCUT2D eigenvalue weighted by Gasteiger charge is -2.14. The predicted molar refractivity (Wildman–Crippen MR) is 40.1 cm³/mol. The van der Waals surface area contributed by atoms with Crippen LogP contribution in [0.15, 0.2) is 22.0 Å². The van der Waals surface area contributed by atoms with Crippen LogP contribution in [0.1, 0.15) is 6.42 Å². The van der Waals surface area contributed by atoms with Crippen molar-refractivity contribution in [3.63, 3.8) is 0 Å². The van der Waals surface area contributed by atoms with Crippen molar-refractivity contribution in [2.45, 2.75) is 12.6 Å². The Labute approximate surface area is 75.1 Å². The van der Waals surface area contributed by atoms with Gasteiger partial charge in [-0.1, -0.05) is 22.0 Å². The van der Waals surface area contributed by atoms with E-state index in [1.807, 2.05) is 0 Å².